The molecule has 1 aliphatic rings. The number of hydrogen-bond donors (Lipinski definition) is 2. The fourth-order valence-corrected chi connectivity index (χ4v) is 3.55. The first-order chi connectivity index (χ1) is 14.1. The van der Waals surface area contributed by atoms with Crippen LogP contribution in [-0.2, 0) is 6.42 Å². The second kappa shape index (κ2) is 10.1. The van der Waals surface area contributed by atoms with Crippen LogP contribution in [-0.4, -0.2) is 50.5 Å². The molecule has 0 aliphatic heterocycles. The van der Waals surface area contributed by atoms with Gasteiger partial charge in [-0.25, -0.2) is 0 Å². The summed E-state index contributed by atoms with van der Waals surface area (Å²) in [6.07, 6.45) is 2.06. The van der Waals surface area contributed by atoms with Crippen molar-refractivity contribution >= 4 is 11.9 Å². The number of nitrogens with one attached hydrogen (secondary N) is 2. The number of rotatable bonds is 8. The zero-order chi connectivity index (χ0) is 20.6. The van der Waals surface area contributed by atoms with Crippen molar-refractivity contribution in [1.82, 2.24) is 15.5 Å². The van der Waals surface area contributed by atoms with E-state index in [0.717, 1.165) is 43.1 Å². The molecule has 2 N–H and O–H groups in total. The van der Waals surface area contributed by atoms with Crippen LogP contribution in [0.5, 0.6) is 0 Å². The lowest BCUT2D eigenvalue weighted by Gasteiger charge is -2.13. The van der Waals surface area contributed by atoms with Crippen molar-refractivity contribution in [3.8, 4) is 0 Å². The van der Waals surface area contributed by atoms with Gasteiger partial charge in [0.05, 0.1) is 0 Å². The second-order valence-corrected chi connectivity index (χ2v) is 7.81. The first-order valence-electron chi connectivity index (χ1n) is 10.5. The van der Waals surface area contributed by atoms with E-state index in [1.807, 2.05) is 18.2 Å². The summed E-state index contributed by atoms with van der Waals surface area (Å²) in [6.45, 7) is 4.54. The second-order valence-electron chi connectivity index (χ2n) is 7.81. The van der Waals surface area contributed by atoms with Crippen molar-refractivity contribution < 1.29 is 4.79 Å². The van der Waals surface area contributed by atoms with Gasteiger partial charge in [-0.15, -0.1) is 0 Å². The molecule has 0 aromatic heterocycles. The Morgan fingerprint density at radius 1 is 1.10 bits per heavy atom. The molecule has 5 heteroatoms. The summed E-state index contributed by atoms with van der Waals surface area (Å²) in [5, 5.41) is 6.75. The standard InChI is InChI=1S/C24H32N4O/c1-4-25-24(27-17-21-16-22(21)19-10-6-5-7-11-19)26-14-13-18-9-8-12-20(15-18)23(29)28(2)3/h5-12,15,21-22H,4,13-14,16-17H2,1-3H3,(H2,25,26,27). The third kappa shape index (κ3) is 6.08. The van der Waals surface area contributed by atoms with Crippen molar-refractivity contribution in [2.24, 2.45) is 10.9 Å². The molecular weight excluding hydrogens is 360 g/mol. The molecule has 1 saturated carbocycles. The average molecular weight is 393 g/mol. The zero-order valence-corrected chi connectivity index (χ0v) is 17.7. The van der Waals surface area contributed by atoms with Gasteiger partial charge in [-0.05, 0) is 54.9 Å². The number of benzene rings is 2. The summed E-state index contributed by atoms with van der Waals surface area (Å²) in [6, 6.07) is 18.6. The molecule has 5 nitrogen and oxygen atoms in total. The number of hydrogen-bond acceptors (Lipinski definition) is 2. The lowest BCUT2D eigenvalue weighted by molar-refractivity contribution is 0.0827. The zero-order valence-electron chi connectivity index (χ0n) is 17.7. The highest BCUT2D eigenvalue weighted by molar-refractivity contribution is 5.94. The van der Waals surface area contributed by atoms with E-state index < -0.39 is 0 Å². The Balaban J connectivity index is 1.49. The molecule has 1 amide bonds. The van der Waals surface area contributed by atoms with Gasteiger partial charge in [-0.3, -0.25) is 9.79 Å². The van der Waals surface area contributed by atoms with Crippen LogP contribution in [0.15, 0.2) is 59.6 Å². The van der Waals surface area contributed by atoms with E-state index in [-0.39, 0.29) is 5.91 Å². The Hall–Kier alpha value is -2.82. The minimum absolute atomic E-state index is 0.0344. The van der Waals surface area contributed by atoms with Gasteiger partial charge in [-0.2, -0.15) is 0 Å². The van der Waals surface area contributed by atoms with Crippen LogP contribution in [0.25, 0.3) is 0 Å². The van der Waals surface area contributed by atoms with Crippen molar-refractivity contribution in [2.45, 2.75) is 25.7 Å². The monoisotopic (exact) mass is 392 g/mol. The molecule has 0 bridgehead atoms. The molecule has 0 radical (unpaired) electrons. The molecule has 1 fully saturated rings. The highest BCUT2D eigenvalue weighted by Crippen LogP contribution is 2.47. The number of carbonyl (C=O) groups excluding carboxylic acids is 1. The van der Waals surface area contributed by atoms with E-state index in [1.165, 1.54) is 12.0 Å². The largest absolute Gasteiger partial charge is 0.357 e. The molecule has 154 valence electrons. The molecule has 2 aromatic rings. The van der Waals surface area contributed by atoms with Crippen molar-refractivity contribution in [1.29, 1.82) is 0 Å². The summed E-state index contributed by atoms with van der Waals surface area (Å²) in [5.41, 5.74) is 3.30. The van der Waals surface area contributed by atoms with Gasteiger partial charge < -0.3 is 15.5 Å². The van der Waals surface area contributed by atoms with E-state index in [4.69, 9.17) is 4.99 Å². The predicted molar refractivity (Wildman–Crippen MR) is 119 cm³/mol. The molecule has 0 heterocycles. The van der Waals surface area contributed by atoms with Crippen LogP contribution < -0.4 is 10.6 Å². The molecule has 3 rings (SSSR count). The van der Waals surface area contributed by atoms with Gasteiger partial charge in [0, 0.05) is 39.3 Å². The van der Waals surface area contributed by atoms with Gasteiger partial charge in [0.15, 0.2) is 5.96 Å². The molecular formula is C24H32N4O. The van der Waals surface area contributed by atoms with E-state index >= 15 is 0 Å². The van der Waals surface area contributed by atoms with Crippen molar-refractivity contribution in [3.05, 3.63) is 71.3 Å². The molecule has 2 atom stereocenters. The molecule has 2 unspecified atom stereocenters. The topological polar surface area (TPSA) is 56.7 Å². The molecule has 1 aliphatic carbocycles. The minimum atomic E-state index is 0.0344. The predicted octanol–water partition coefficient (Wildman–Crippen LogP) is 3.29. The van der Waals surface area contributed by atoms with Crippen LogP contribution in [0, 0.1) is 5.92 Å². The van der Waals surface area contributed by atoms with E-state index in [2.05, 4.69) is 54.0 Å². The van der Waals surface area contributed by atoms with Crippen LogP contribution in [0.3, 0.4) is 0 Å². The number of amides is 1. The van der Waals surface area contributed by atoms with Gasteiger partial charge in [0.2, 0.25) is 0 Å². The summed E-state index contributed by atoms with van der Waals surface area (Å²) < 4.78 is 0. The quantitative estimate of drug-likeness (QED) is 0.535. The van der Waals surface area contributed by atoms with Gasteiger partial charge in [-0.1, -0.05) is 42.5 Å². The van der Waals surface area contributed by atoms with Crippen LogP contribution >= 0.6 is 0 Å². The molecule has 2 aromatic carbocycles. The first-order valence-corrected chi connectivity index (χ1v) is 10.5. The molecule has 0 spiro atoms. The summed E-state index contributed by atoms with van der Waals surface area (Å²) in [5.74, 6) is 2.19. The Kier molecular flexibility index (Phi) is 7.28. The van der Waals surface area contributed by atoms with E-state index in [1.54, 1.807) is 19.0 Å². The van der Waals surface area contributed by atoms with Gasteiger partial charge in [0.25, 0.3) is 5.91 Å². The number of guanidine groups is 1. The highest BCUT2D eigenvalue weighted by atomic mass is 16.2. The average Bonchev–Trinajstić information content (AvgIpc) is 3.52. The fraction of sp³-hybridized carbons (Fsp3) is 0.417. The third-order valence-corrected chi connectivity index (χ3v) is 5.26. The van der Waals surface area contributed by atoms with E-state index in [9.17, 15) is 4.79 Å². The normalized spacial score (nSPS) is 18.2. The van der Waals surface area contributed by atoms with Crippen molar-refractivity contribution in [2.75, 3.05) is 33.7 Å². The maximum Gasteiger partial charge on any atom is 0.253 e. The third-order valence-electron chi connectivity index (χ3n) is 5.26. The van der Waals surface area contributed by atoms with Crippen LogP contribution in [0.2, 0.25) is 0 Å². The SMILES string of the molecule is CCNC(=NCC1CC1c1ccccc1)NCCc1cccc(C(=O)N(C)C)c1. The van der Waals surface area contributed by atoms with Crippen LogP contribution in [0.1, 0.15) is 40.7 Å². The Labute approximate surface area is 174 Å². The smallest absolute Gasteiger partial charge is 0.253 e. The maximum absolute atomic E-state index is 12.1. The summed E-state index contributed by atoms with van der Waals surface area (Å²) in [4.78, 5) is 18.5. The fourth-order valence-electron chi connectivity index (χ4n) is 3.55. The van der Waals surface area contributed by atoms with Crippen molar-refractivity contribution in [3.63, 3.8) is 0 Å². The number of carbonyl (C=O) groups is 1. The van der Waals surface area contributed by atoms with Gasteiger partial charge >= 0.3 is 0 Å². The molecule has 29 heavy (non-hydrogen) atoms. The van der Waals surface area contributed by atoms with Crippen LogP contribution in [0.4, 0.5) is 0 Å². The Bertz CT molecular complexity index is 832. The Morgan fingerprint density at radius 2 is 1.90 bits per heavy atom. The maximum atomic E-state index is 12.1. The van der Waals surface area contributed by atoms with E-state index in [0.29, 0.717) is 11.8 Å². The highest BCUT2D eigenvalue weighted by Gasteiger charge is 2.37. The summed E-state index contributed by atoms with van der Waals surface area (Å²) in [7, 11) is 3.55. The lowest BCUT2D eigenvalue weighted by Crippen LogP contribution is -2.38. The minimum Gasteiger partial charge on any atom is -0.357 e. The number of aliphatic imine (C=N–C) groups is 1. The molecule has 0 saturated heterocycles. The first kappa shape index (κ1) is 20.9. The summed E-state index contributed by atoms with van der Waals surface area (Å²) >= 11 is 0. The van der Waals surface area contributed by atoms with Gasteiger partial charge in [0.1, 0.15) is 0 Å². The lowest BCUT2D eigenvalue weighted by atomic mass is 10.1. The Morgan fingerprint density at radius 3 is 2.62 bits per heavy atom. The number of nitrogens with zero attached hydrogens (tertiary/aromatic N) is 2.